The van der Waals surface area contributed by atoms with Gasteiger partial charge in [0.2, 0.25) is 0 Å². The number of cyclic esters (lactones) is 1. The first-order chi connectivity index (χ1) is 12.8. The number of carbonyl (C=O) groups is 1. The average molecular weight is 365 g/mol. The number of rotatable bonds is 19. The maximum absolute atomic E-state index is 10.6. The van der Waals surface area contributed by atoms with E-state index < -0.39 is 0 Å². The minimum absolute atomic E-state index is 0.0749. The number of hydrogen-bond acceptors (Lipinski definition) is 2. The molecule has 0 aromatic rings. The summed E-state index contributed by atoms with van der Waals surface area (Å²) >= 11 is 0. The van der Waals surface area contributed by atoms with Gasteiger partial charge in [0.25, 0.3) is 0 Å². The second-order valence-electron chi connectivity index (χ2n) is 8.12. The lowest BCUT2D eigenvalue weighted by molar-refractivity contribution is -0.148. The van der Waals surface area contributed by atoms with Crippen molar-refractivity contribution in [2.45, 2.75) is 135 Å². The van der Waals surface area contributed by atoms with Gasteiger partial charge in [-0.3, -0.25) is 4.79 Å². The fraction of sp³-hybridized carbons (Fsp3) is 0.875. The van der Waals surface area contributed by atoms with Crippen LogP contribution < -0.4 is 0 Å². The molecule has 0 N–H and O–H groups in total. The Bertz CT molecular complexity index is 349. The number of ether oxygens (including phenoxy) is 1. The van der Waals surface area contributed by atoms with Crippen LogP contribution in [0.15, 0.2) is 11.8 Å². The van der Waals surface area contributed by atoms with Gasteiger partial charge in [-0.2, -0.15) is 0 Å². The Labute approximate surface area is 163 Å². The molecule has 2 nitrogen and oxygen atoms in total. The molecule has 0 unspecified atom stereocenters. The molecule has 1 aliphatic heterocycles. The second-order valence-corrected chi connectivity index (χ2v) is 8.12. The maximum atomic E-state index is 10.6. The lowest BCUT2D eigenvalue weighted by Crippen LogP contribution is -2.17. The van der Waals surface area contributed by atoms with Gasteiger partial charge in [-0.15, -0.1) is 0 Å². The van der Waals surface area contributed by atoms with E-state index in [4.69, 9.17) is 4.74 Å². The molecule has 0 amide bonds. The fourth-order valence-corrected chi connectivity index (χ4v) is 3.70. The van der Waals surface area contributed by atoms with Crippen LogP contribution in [0.2, 0.25) is 0 Å². The minimum Gasteiger partial charge on any atom is -0.430 e. The number of esters is 1. The number of allylic oxidation sites excluding steroid dienone is 1. The molecule has 1 rings (SSSR count). The van der Waals surface area contributed by atoms with Crippen molar-refractivity contribution in [2.75, 3.05) is 0 Å². The maximum Gasteiger partial charge on any atom is 0.318 e. The topological polar surface area (TPSA) is 26.3 Å². The third kappa shape index (κ3) is 14.4. The van der Waals surface area contributed by atoms with Gasteiger partial charge in [0, 0.05) is 0 Å². The van der Waals surface area contributed by atoms with E-state index in [1.165, 1.54) is 116 Å². The standard InChI is InChI=1S/C24H44O2/c1-2-3-4-5-6-7-8-9-10-11-12-13-14-15-16-17-18-19-20-21-23-22-24(25)26-23/h21H,2-20,22H2,1H3. The zero-order chi connectivity index (χ0) is 18.7. The van der Waals surface area contributed by atoms with Gasteiger partial charge in [0.1, 0.15) is 12.2 Å². The highest BCUT2D eigenvalue weighted by atomic mass is 16.6. The Morgan fingerprint density at radius 2 is 1.00 bits per heavy atom. The third-order valence-corrected chi connectivity index (χ3v) is 5.49. The predicted molar refractivity (Wildman–Crippen MR) is 112 cm³/mol. The summed E-state index contributed by atoms with van der Waals surface area (Å²) in [5.74, 6) is 0.816. The largest absolute Gasteiger partial charge is 0.430 e. The summed E-state index contributed by atoms with van der Waals surface area (Å²) in [5.41, 5.74) is 0. The molecule has 0 saturated carbocycles. The predicted octanol–water partition coefficient (Wildman–Crippen LogP) is 8.25. The van der Waals surface area contributed by atoms with E-state index in [2.05, 4.69) is 13.0 Å². The van der Waals surface area contributed by atoms with Crippen LogP contribution in [0.25, 0.3) is 0 Å². The van der Waals surface area contributed by atoms with Gasteiger partial charge in [-0.25, -0.2) is 0 Å². The Morgan fingerprint density at radius 3 is 1.35 bits per heavy atom. The summed E-state index contributed by atoms with van der Waals surface area (Å²) in [6, 6.07) is 0. The summed E-state index contributed by atoms with van der Waals surface area (Å²) in [6.45, 7) is 2.29. The minimum atomic E-state index is -0.0749. The summed E-state index contributed by atoms with van der Waals surface area (Å²) in [4.78, 5) is 10.6. The number of unbranched alkanes of at least 4 members (excludes halogenated alkanes) is 18. The smallest absolute Gasteiger partial charge is 0.318 e. The Balaban J connectivity index is 1.65. The molecular weight excluding hydrogens is 320 g/mol. The first-order valence-corrected chi connectivity index (χ1v) is 11.7. The molecule has 1 aliphatic rings. The van der Waals surface area contributed by atoms with Gasteiger partial charge in [0.05, 0.1) is 0 Å². The second kappa shape index (κ2) is 17.6. The van der Waals surface area contributed by atoms with Crippen LogP contribution >= 0.6 is 0 Å². The van der Waals surface area contributed by atoms with E-state index in [9.17, 15) is 4.79 Å². The van der Waals surface area contributed by atoms with Gasteiger partial charge in [0.15, 0.2) is 0 Å². The van der Waals surface area contributed by atoms with Crippen LogP contribution in [0.5, 0.6) is 0 Å². The molecule has 0 aromatic carbocycles. The van der Waals surface area contributed by atoms with Crippen molar-refractivity contribution in [3.63, 3.8) is 0 Å². The Morgan fingerprint density at radius 1 is 0.654 bits per heavy atom. The molecule has 0 atom stereocenters. The van der Waals surface area contributed by atoms with Gasteiger partial charge < -0.3 is 4.74 Å². The van der Waals surface area contributed by atoms with Gasteiger partial charge >= 0.3 is 5.97 Å². The molecular formula is C24H44O2. The van der Waals surface area contributed by atoms with Crippen molar-refractivity contribution in [3.8, 4) is 0 Å². The van der Waals surface area contributed by atoms with Crippen LogP contribution in [0.4, 0.5) is 0 Å². The zero-order valence-corrected chi connectivity index (χ0v) is 17.5. The Hall–Kier alpha value is -0.790. The molecule has 1 heterocycles. The molecule has 0 aliphatic carbocycles. The van der Waals surface area contributed by atoms with Crippen molar-refractivity contribution in [1.29, 1.82) is 0 Å². The SMILES string of the molecule is CCCCCCCCCCCCCCCCCCCCC=C1CC(=O)O1. The van der Waals surface area contributed by atoms with E-state index in [1.807, 2.05) is 0 Å². The molecule has 26 heavy (non-hydrogen) atoms. The zero-order valence-electron chi connectivity index (χ0n) is 17.5. The van der Waals surface area contributed by atoms with Crippen LogP contribution in [0.3, 0.4) is 0 Å². The molecule has 0 aromatic heterocycles. The number of hydrogen-bond donors (Lipinski definition) is 0. The molecule has 2 heteroatoms. The van der Waals surface area contributed by atoms with Crippen molar-refractivity contribution >= 4 is 5.97 Å². The lowest BCUT2D eigenvalue weighted by atomic mass is 10.0. The monoisotopic (exact) mass is 364 g/mol. The van der Waals surface area contributed by atoms with Crippen LogP contribution in [0.1, 0.15) is 135 Å². The summed E-state index contributed by atoms with van der Waals surface area (Å²) in [6.07, 6.45) is 29.2. The average Bonchev–Trinajstić information content (AvgIpc) is 2.62. The van der Waals surface area contributed by atoms with Crippen molar-refractivity contribution in [2.24, 2.45) is 0 Å². The van der Waals surface area contributed by atoms with E-state index >= 15 is 0 Å². The molecule has 1 fully saturated rings. The lowest BCUT2D eigenvalue weighted by Gasteiger charge is -2.15. The quantitative estimate of drug-likeness (QED) is 0.170. The highest BCUT2D eigenvalue weighted by molar-refractivity contribution is 5.79. The van der Waals surface area contributed by atoms with Crippen molar-refractivity contribution in [3.05, 3.63) is 11.8 Å². The van der Waals surface area contributed by atoms with Crippen LogP contribution in [0, 0.1) is 0 Å². The first kappa shape index (κ1) is 23.2. The fourth-order valence-electron chi connectivity index (χ4n) is 3.70. The van der Waals surface area contributed by atoms with Crippen LogP contribution in [-0.4, -0.2) is 5.97 Å². The third-order valence-electron chi connectivity index (χ3n) is 5.49. The molecule has 1 saturated heterocycles. The van der Waals surface area contributed by atoms with Crippen molar-refractivity contribution < 1.29 is 9.53 Å². The molecule has 0 bridgehead atoms. The van der Waals surface area contributed by atoms with Crippen molar-refractivity contribution in [1.82, 2.24) is 0 Å². The molecule has 0 spiro atoms. The van der Waals surface area contributed by atoms with E-state index in [0.29, 0.717) is 6.42 Å². The molecule has 0 radical (unpaired) electrons. The van der Waals surface area contributed by atoms with E-state index in [0.717, 1.165) is 12.2 Å². The van der Waals surface area contributed by atoms with Gasteiger partial charge in [-0.05, 0) is 18.9 Å². The first-order valence-electron chi connectivity index (χ1n) is 11.7. The highest BCUT2D eigenvalue weighted by Gasteiger charge is 2.20. The van der Waals surface area contributed by atoms with Crippen LogP contribution in [-0.2, 0) is 9.53 Å². The Kier molecular flexibility index (Phi) is 15.8. The summed E-state index contributed by atoms with van der Waals surface area (Å²) < 4.78 is 4.90. The summed E-state index contributed by atoms with van der Waals surface area (Å²) in [7, 11) is 0. The van der Waals surface area contributed by atoms with E-state index in [1.54, 1.807) is 0 Å². The highest BCUT2D eigenvalue weighted by Crippen LogP contribution is 2.19. The molecule has 152 valence electrons. The number of carbonyl (C=O) groups excluding carboxylic acids is 1. The van der Waals surface area contributed by atoms with Gasteiger partial charge in [-0.1, -0.05) is 116 Å². The van der Waals surface area contributed by atoms with E-state index in [-0.39, 0.29) is 5.97 Å². The summed E-state index contributed by atoms with van der Waals surface area (Å²) in [5, 5.41) is 0. The normalized spacial score (nSPS) is 15.3.